The Kier molecular flexibility index (Phi) is 3.83. The summed E-state index contributed by atoms with van der Waals surface area (Å²) in [5.41, 5.74) is 0.652. The van der Waals surface area contributed by atoms with E-state index in [1.54, 1.807) is 48.5 Å². The molecule has 0 fully saturated rings. The monoisotopic (exact) mass is 296 g/mol. The molecular formula is C18H16O4. The minimum Gasteiger partial charge on any atom is -0.502 e. The lowest BCUT2D eigenvalue weighted by atomic mass is 10.1. The molecule has 3 rings (SSSR count). The highest BCUT2D eigenvalue weighted by Crippen LogP contribution is 2.30. The molecule has 0 aliphatic heterocycles. The summed E-state index contributed by atoms with van der Waals surface area (Å²) in [5, 5.41) is 10.5. The summed E-state index contributed by atoms with van der Waals surface area (Å²) in [6.45, 7) is 2.69. The number of hydrogen-bond donors (Lipinski definition) is 1. The standard InChI is InChI=1S/C18H16O4/c1-2-11-21-13-9-7-12(8-10-13)18-17(20)16(19)14-5-3-4-6-15(14)22-18/h3-10,20H,2,11H2,1H3. The maximum atomic E-state index is 12.2. The molecule has 1 aromatic heterocycles. The molecule has 0 amide bonds. The summed E-state index contributed by atoms with van der Waals surface area (Å²) < 4.78 is 11.2. The predicted molar refractivity (Wildman–Crippen MR) is 85.4 cm³/mol. The molecular weight excluding hydrogens is 280 g/mol. The van der Waals surface area contributed by atoms with Gasteiger partial charge in [-0.2, -0.15) is 0 Å². The quantitative estimate of drug-likeness (QED) is 0.791. The van der Waals surface area contributed by atoms with Crippen molar-refractivity contribution < 1.29 is 14.3 Å². The molecule has 0 saturated heterocycles. The van der Waals surface area contributed by atoms with E-state index in [4.69, 9.17) is 9.15 Å². The van der Waals surface area contributed by atoms with Crippen molar-refractivity contribution in [2.75, 3.05) is 6.61 Å². The van der Waals surface area contributed by atoms with Gasteiger partial charge in [-0.3, -0.25) is 4.79 Å². The van der Waals surface area contributed by atoms with Crippen molar-refractivity contribution in [3.63, 3.8) is 0 Å². The highest BCUT2D eigenvalue weighted by molar-refractivity contribution is 5.81. The molecule has 4 heteroatoms. The summed E-state index contributed by atoms with van der Waals surface area (Å²) in [6.07, 6.45) is 0.933. The number of benzene rings is 2. The molecule has 2 aromatic carbocycles. The molecule has 0 bridgehead atoms. The second-order valence-corrected chi connectivity index (χ2v) is 4.98. The Hall–Kier alpha value is -2.75. The Labute approximate surface area is 127 Å². The van der Waals surface area contributed by atoms with E-state index in [-0.39, 0.29) is 11.5 Å². The first-order valence-electron chi connectivity index (χ1n) is 7.18. The van der Waals surface area contributed by atoms with Gasteiger partial charge in [-0.05, 0) is 42.8 Å². The molecule has 22 heavy (non-hydrogen) atoms. The Bertz CT molecular complexity index is 847. The first-order chi connectivity index (χ1) is 10.7. The van der Waals surface area contributed by atoms with Crippen LogP contribution in [0.3, 0.4) is 0 Å². The van der Waals surface area contributed by atoms with E-state index in [1.807, 2.05) is 6.92 Å². The van der Waals surface area contributed by atoms with E-state index < -0.39 is 5.43 Å². The van der Waals surface area contributed by atoms with E-state index in [1.165, 1.54) is 0 Å². The van der Waals surface area contributed by atoms with Crippen molar-refractivity contribution in [2.45, 2.75) is 13.3 Å². The van der Waals surface area contributed by atoms with Crippen LogP contribution in [0.2, 0.25) is 0 Å². The third-order valence-corrected chi connectivity index (χ3v) is 3.36. The average Bonchev–Trinajstić information content (AvgIpc) is 2.57. The van der Waals surface area contributed by atoms with Crippen molar-refractivity contribution in [3.05, 3.63) is 58.8 Å². The van der Waals surface area contributed by atoms with E-state index in [9.17, 15) is 9.90 Å². The molecule has 0 spiro atoms. The fraction of sp³-hybridized carbons (Fsp3) is 0.167. The van der Waals surface area contributed by atoms with Crippen molar-refractivity contribution in [1.82, 2.24) is 0 Å². The maximum absolute atomic E-state index is 12.2. The van der Waals surface area contributed by atoms with Gasteiger partial charge < -0.3 is 14.3 Å². The van der Waals surface area contributed by atoms with Gasteiger partial charge >= 0.3 is 0 Å². The van der Waals surface area contributed by atoms with Crippen LogP contribution < -0.4 is 10.2 Å². The third kappa shape index (κ3) is 2.55. The van der Waals surface area contributed by atoms with Crippen molar-refractivity contribution in [1.29, 1.82) is 0 Å². The lowest BCUT2D eigenvalue weighted by molar-refractivity contribution is 0.317. The summed E-state index contributed by atoms with van der Waals surface area (Å²) >= 11 is 0. The van der Waals surface area contributed by atoms with Gasteiger partial charge in [0.1, 0.15) is 11.3 Å². The smallest absolute Gasteiger partial charge is 0.235 e. The molecule has 0 aliphatic carbocycles. The van der Waals surface area contributed by atoms with Crippen LogP contribution >= 0.6 is 0 Å². The fourth-order valence-electron chi connectivity index (χ4n) is 2.25. The van der Waals surface area contributed by atoms with Crippen LogP contribution in [0.25, 0.3) is 22.3 Å². The largest absolute Gasteiger partial charge is 0.502 e. The van der Waals surface area contributed by atoms with Crippen molar-refractivity contribution in [2.24, 2.45) is 0 Å². The topological polar surface area (TPSA) is 59.7 Å². The number of rotatable bonds is 4. The molecule has 1 N–H and O–H groups in total. The molecule has 3 aromatic rings. The summed E-state index contributed by atoms with van der Waals surface area (Å²) in [6, 6.07) is 14.0. The maximum Gasteiger partial charge on any atom is 0.235 e. The second kappa shape index (κ2) is 5.93. The van der Waals surface area contributed by atoms with Crippen molar-refractivity contribution in [3.8, 4) is 22.8 Å². The van der Waals surface area contributed by atoms with E-state index >= 15 is 0 Å². The highest BCUT2D eigenvalue weighted by Gasteiger charge is 2.14. The normalized spacial score (nSPS) is 10.8. The number of hydrogen-bond acceptors (Lipinski definition) is 4. The average molecular weight is 296 g/mol. The van der Waals surface area contributed by atoms with Crippen LogP contribution in [0.5, 0.6) is 11.5 Å². The SMILES string of the molecule is CCCOc1ccc(-c2oc3ccccc3c(=O)c2O)cc1. The lowest BCUT2D eigenvalue weighted by Gasteiger charge is -2.08. The zero-order chi connectivity index (χ0) is 15.5. The van der Waals surface area contributed by atoms with Gasteiger partial charge in [0.25, 0.3) is 0 Å². The molecule has 0 unspecified atom stereocenters. The van der Waals surface area contributed by atoms with Crippen LogP contribution in [0.1, 0.15) is 13.3 Å². The molecule has 0 aliphatic rings. The molecule has 1 heterocycles. The number of fused-ring (bicyclic) bond motifs is 1. The molecule has 0 atom stereocenters. The van der Waals surface area contributed by atoms with Gasteiger partial charge in [-0.1, -0.05) is 19.1 Å². The third-order valence-electron chi connectivity index (χ3n) is 3.36. The molecule has 0 saturated carbocycles. The van der Waals surface area contributed by atoms with Crippen LogP contribution in [0.4, 0.5) is 0 Å². The highest BCUT2D eigenvalue weighted by atomic mass is 16.5. The number of aromatic hydroxyl groups is 1. The van der Waals surface area contributed by atoms with Gasteiger partial charge in [0, 0.05) is 5.56 Å². The van der Waals surface area contributed by atoms with E-state index in [2.05, 4.69) is 0 Å². The first kappa shape index (κ1) is 14.2. The number of para-hydroxylation sites is 1. The fourth-order valence-corrected chi connectivity index (χ4v) is 2.25. The Balaban J connectivity index is 2.06. The Morgan fingerprint density at radius 3 is 2.55 bits per heavy atom. The predicted octanol–water partition coefficient (Wildman–Crippen LogP) is 3.95. The lowest BCUT2D eigenvalue weighted by Crippen LogP contribution is -2.02. The summed E-state index contributed by atoms with van der Waals surface area (Å²) in [5.74, 6) is 0.542. The van der Waals surface area contributed by atoms with Crippen molar-refractivity contribution >= 4 is 11.0 Å². The zero-order valence-electron chi connectivity index (χ0n) is 12.2. The molecule has 0 radical (unpaired) electrons. The van der Waals surface area contributed by atoms with E-state index in [0.717, 1.165) is 12.2 Å². The Morgan fingerprint density at radius 1 is 1.09 bits per heavy atom. The van der Waals surface area contributed by atoms with Gasteiger partial charge in [0.15, 0.2) is 5.76 Å². The summed E-state index contributed by atoms with van der Waals surface area (Å²) in [7, 11) is 0. The van der Waals surface area contributed by atoms with Crippen LogP contribution in [0.15, 0.2) is 57.7 Å². The summed E-state index contributed by atoms with van der Waals surface area (Å²) in [4.78, 5) is 12.2. The number of ether oxygens (including phenoxy) is 1. The van der Waals surface area contributed by atoms with Crippen LogP contribution in [-0.2, 0) is 0 Å². The van der Waals surface area contributed by atoms with Crippen LogP contribution in [0, 0.1) is 0 Å². The van der Waals surface area contributed by atoms with Gasteiger partial charge in [-0.15, -0.1) is 0 Å². The molecule has 4 nitrogen and oxygen atoms in total. The first-order valence-corrected chi connectivity index (χ1v) is 7.18. The minimum absolute atomic E-state index is 0.172. The van der Waals surface area contributed by atoms with Gasteiger partial charge in [0.05, 0.1) is 12.0 Å². The zero-order valence-corrected chi connectivity index (χ0v) is 12.2. The molecule has 112 valence electrons. The van der Waals surface area contributed by atoms with E-state index in [0.29, 0.717) is 23.1 Å². The van der Waals surface area contributed by atoms with Gasteiger partial charge in [-0.25, -0.2) is 0 Å². The second-order valence-electron chi connectivity index (χ2n) is 4.98. The van der Waals surface area contributed by atoms with Crippen LogP contribution in [-0.4, -0.2) is 11.7 Å². The van der Waals surface area contributed by atoms with Gasteiger partial charge in [0.2, 0.25) is 11.2 Å². The minimum atomic E-state index is -0.428. The Morgan fingerprint density at radius 2 is 1.82 bits per heavy atom.